The average Bonchev–Trinajstić information content (AvgIpc) is 1.91. The Morgan fingerprint density at radius 2 is 2.44 bits per heavy atom. The molecule has 50 valence electrons. The van der Waals surface area contributed by atoms with E-state index in [1.54, 1.807) is 0 Å². The van der Waals surface area contributed by atoms with Crippen LogP contribution in [0, 0.1) is 0 Å². The van der Waals surface area contributed by atoms with Crippen LogP contribution in [0.2, 0.25) is 0 Å². The molecule has 1 aliphatic carbocycles. The van der Waals surface area contributed by atoms with E-state index in [0.717, 1.165) is 13.0 Å². The summed E-state index contributed by atoms with van der Waals surface area (Å²) in [6.07, 6.45) is 9.71. The van der Waals surface area contributed by atoms with E-state index >= 15 is 0 Å². The van der Waals surface area contributed by atoms with Crippen molar-refractivity contribution in [3.8, 4) is 0 Å². The molecule has 1 unspecified atom stereocenters. The number of rotatable bonds is 2. The van der Waals surface area contributed by atoms with Gasteiger partial charge in [-0.2, -0.15) is 0 Å². The summed E-state index contributed by atoms with van der Waals surface area (Å²) in [6, 6.07) is 0.583. The maximum absolute atomic E-state index is 3.35. The van der Waals surface area contributed by atoms with Gasteiger partial charge in [-0.15, -0.1) is 0 Å². The summed E-state index contributed by atoms with van der Waals surface area (Å²) < 4.78 is 0. The second-order valence-corrected chi connectivity index (χ2v) is 2.21. The first kappa shape index (κ1) is 6.56. The Morgan fingerprint density at radius 3 is 3.00 bits per heavy atom. The molecular formula is C8H13N. The van der Waals surface area contributed by atoms with Gasteiger partial charge in [0.2, 0.25) is 0 Å². The number of likely N-dealkylation sites (N-methyl/N-ethyl adjacent to an activating group) is 1. The molecule has 0 heterocycles. The molecular weight excluding hydrogens is 110 g/mol. The fourth-order valence-corrected chi connectivity index (χ4v) is 0.994. The van der Waals surface area contributed by atoms with Crippen LogP contribution in [0.4, 0.5) is 0 Å². The molecule has 1 nitrogen and oxygen atoms in total. The van der Waals surface area contributed by atoms with Gasteiger partial charge in [0.15, 0.2) is 0 Å². The van der Waals surface area contributed by atoms with Crippen LogP contribution in [0.5, 0.6) is 0 Å². The first-order valence-electron chi connectivity index (χ1n) is 3.50. The van der Waals surface area contributed by atoms with Gasteiger partial charge < -0.3 is 5.32 Å². The van der Waals surface area contributed by atoms with E-state index in [1.807, 2.05) is 0 Å². The van der Waals surface area contributed by atoms with E-state index in [2.05, 4.69) is 36.5 Å². The lowest BCUT2D eigenvalue weighted by Crippen LogP contribution is -2.26. The Hall–Kier alpha value is -0.560. The minimum atomic E-state index is 0.583. The van der Waals surface area contributed by atoms with Gasteiger partial charge >= 0.3 is 0 Å². The third-order valence-corrected chi connectivity index (χ3v) is 1.45. The first-order chi connectivity index (χ1) is 4.43. The summed E-state index contributed by atoms with van der Waals surface area (Å²) in [6.45, 7) is 3.19. The highest BCUT2D eigenvalue weighted by atomic mass is 14.9. The minimum Gasteiger partial charge on any atom is -0.310 e. The van der Waals surface area contributed by atoms with Crippen LogP contribution >= 0.6 is 0 Å². The minimum absolute atomic E-state index is 0.583. The largest absolute Gasteiger partial charge is 0.310 e. The second kappa shape index (κ2) is 3.46. The lowest BCUT2D eigenvalue weighted by atomic mass is 10.1. The van der Waals surface area contributed by atoms with Gasteiger partial charge in [0.05, 0.1) is 0 Å². The maximum atomic E-state index is 3.35. The van der Waals surface area contributed by atoms with Gasteiger partial charge in [0, 0.05) is 6.04 Å². The predicted octanol–water partition coefficient (Wildman–Crippen LogP) is 1.48. The first-order valence-corrected chi connectivity index (χ1v) is 3.50. The van der Waals surface area contributed by atoms with Crippen LogP contribution in [0.25, 0.3) is 0 Å². The molecule has 0 aromatic heterocycles. The highest BCUT2D eigenvalue weighted by Crippen LogP contribution is 2.01. The smallest absolute Gasteiger partial charge is 0.0287 e. The Balaban J connectivity index is 2.28. The Labute approximate surface area is 56.5 Å². The van der Waals surface area contributed by atoms with Crippen molar-refractivity contribution in [2.75, 3.05) is 6.54 Å². The van der Waals surface area contributed by atoms with Crippen LogP contribution in [-0.4, -0.2) is 12.6 Å². The molecule has 1 heteroatoms. The lowest BCUT2D eigenvalue weighted by molar-refractivity contribution is 0.618. The number of hydrogen-bond acceptors (Lipinski definition) is 1. The summed E-state index contributed by atoms with van der Waals surface area (Å²) in [5.41, 5.74) is 0. The van der Waals surface area contributed by atoms with Crippen molar-refractivity contribution in [1.29, 1.82) is 0 Å². The molecule has 1 aliphatic rings. The van der Waals surface area contributed by atoms with Gasteiger partial charge in [-0.05, 0) is 13.0 Å². The molecule has 0 spiro atoms. The zero-order valence-electron chi connectivity index (χ0n) is 5.80. The van der Waals surface area contributed by atoms with Crippen molar-refractivity contribution in [3.05, 3.63) is 24.3 Å². The van der Waals surface area contributed by atoms with Crippen LogP contribution in [0.1, 0.15) is 13.3 Å². The van der Waals surface area contributed by atoms with Gasteiger partial charge in [-0.1, -0.05) is 31.2 Å². The van der Waals surface area contributed by atoms with E-state index in [4.69, 9.17) is 0 Å². The van der Waals surface area contributed by atoms with Crippen LogP contribution in [0.3, 0.4) is 0 Å². The van der Waals surface area contributed by atoms with E-state index in [9.17, 15) is 0 Å². The fourth-order valence-electron chi connectivity index (χ4n) is 0.994. The molecule has 0 bridgehead atoms. The summed E-state index contributed by atoms with van der Waals surface area (Å²) in [5, 5.41) is 3.35. The zero-order valence-corrected chi connectivity index (χ0v) is 5.80. The van der Waals surface area contributed by atoms with Crippen molar-refractivity contribution < 1.29 is 0 Å². The molecule has 9 heavy (non-hydrogen) atoms. The Morgan fingerprint density at radius 1 is 1.56 bits per heavy atom. The van der Waals surface area contributed by atoms with E-state index < -0.39 is 0 Å². The molecule has 0 aromatic carbocycles. The van der Waals surface area contributed by atoms with Crippen molar-refractivity contribution in [3.63, 3.8) is 0 Å². The van der Waals surface area contributed by atoms with Crippen molar-refractivity contribution >= 4 is 0 Å². The quantitative estimate of drug-likeness (QED) is 0.586. The normalized spacial score (nSPS) is 24.8. The van der Waals surface area contributed by atoms with Crippen molar-refractivity contribution in [1.82, 2.24) is 5.32 Å². The third kappa shape index (κ3) is 2.02. The van der Waals surface area contributed by atoms with Gasteiger partial charge in [-0.25, -0.2) is 0 Å². The monoisotopic (exact) mass is 123 g/mol. The number of hydrogen-bond donors (Lipinski definition) is 1. The predicted molar refractivity (Wildman–Crippen MR) is 40.4 cm³/mol. The maximum Gasteiger partial charge on any atom is 0.0287 e. The molecule has 0 amide bonds. The summed E-state index contributed by atoms with van der Waals surface area (Å²) in [5.74, 6) is 0. The molecule has 0 saturated carbocycles. The molecule has 0 aromatic rings. The fraction of sp³-hybridized carbons (Fsp3) is 0.500. The van der Waals surface area contributed by atoms with Crippen LogP contribution < -0.4 is 5.32 Å². The third-order valence-electron chi connectivity index (χ3n) is 1.45. The van der Waals surface area contributed by atoms with Crippen LogP contribution in [0.15, 0.2) is 24.3 Å². The average molecular weight is 123 g/mol. The SMILES string of the molecule is CCNC1C=CC=CC1. The van der Waals surface area contributed by atoms with Gasteiger partial charge in [-0.3, -0.25) is 0 Å². The second-order valence-electron chi connectivity index (χ2n) is 2.21. The summed E-state index contributed by atoms with van der Waals surface area (Å²) in [4.78, 5) is 0. The molecule has 0 fully saturated rings. The highest BCUT2D eigenvalue weighted by molar-refractivity contribution is 5.13. The standard InChI is InChI=1S/C8H13N/c1-2-9-8-6-4-3-5-7-8/h3-6,8-9H,2,7H2,1H3. The molecule has 0 aliphatic heterocycles. The highest BCUT2D eigenvalue weighted by Gasteiger charge is 1.99. The molecule has 0 radical (unpaired) electrons. The summed E-state index contributed by atoms with van der Waals surface area (Å²) >= 11 is 0. The number of nitrogens with one attached hydrogen (secondary N) is 1. The lowest BCUT2D eigenvalue weighted by Gasteiger charge is -2.12. The van der Waals surface area contributed by atoms with Crippen molar-refractivity contribution in [2.24, 2.45) is 0 Å². The van der Waals surface area contributed by atoms with E-state index in [0.29, 0.717) is 6.04 Å². The van der Waals surface area contributed by atoms with Crippen LogP contribution in [-0.2, 0) is 0 Å². The topological polar surface area (TPSA) is 12.0 Å². The van der Waals surface area contributed by atoms with Crippen molar-refractivity contribution in [2.45, 2.75) is 19.4 Å². The molecule has 0 saturated heterocycles. The van der Waals surface area contributed by atoms with Gasteiger partial charge in [0.1, 0.15) is 0 Å². The Kier molecular flexibility index (Phi) is 2.52. The summed E-state index contributed by atoms with van der Waals surface area (Å²) in [7, 11) is 0. The molecule has 1 atom stereocenters. The number of allylic oxidation sites excluding steroid dienone is 2. The van der Waals surface area contributed by atoms with E-state index in [1.165, 1.54) is 0 Å². The van der Waals surface area contributed by atoms with E-state index in [-0.39, 0.29) is 0 Å². The zero-order chi connectivity index (χ0) is 6.53. The Bertz CT molecular complexity index is 125. The molecule has 1 rings (SSSR count). The molecule has 1 N–H and O–H groups in total. The van der Waals surface area contributed by atoms with Gasteiger partial charge in [0.25, 0.3) is 0 Å².